The van der Waals surface area contributed by atoms with Gasteiger partial charge >= 0.3 is 5.97 Å². The maximum absolute atomic E-state index is 12.0. The number of hydrogen-bond donors (Lipinski definition) is 8. The van der Waals surface area contributed by atoms with Crippen LogP contribution in [0.2, 0.25) is 0 Å². The van der Waals surface area contributed by atoms with Gasteiger partial charge < -0.3 is 59.8 Å². The predicted molar refractivity (Wildman–Crippen MR) is 110 cm³/mol. The second-order valence-electron chi connectivity index (χ2n) is 8.04. The summed E-state index contributed by atoms with van der Waals surface area (Å²) in [5.74, 6) is -1.58. The van der Waals surface area contributed by atoms with E-state index in [1.54, 1.807) is 0 Å². The van der Waals surface area contributed by atoms with Crippen LogP contribution in [0.5, 0.6) is 11.5 Å². The van der Waals surface area contributed by atoms with E-state index in [0.29, 0.717) is 5.56 Å². The number of phenols is 2. The zero-order valence-corrected chi connectivity index (χ0v) is 18.0. The highest BCUT2D eigenvalue weighted by Crippen LogP contribution is 2.29. The first-order chi connectivity index (χ1) is 16.0. The first kappa shape index (κ1) is 26.3. The van der Waals surface area contributed by atoms with Crippen molar-refractivity contribution in [2.45, 2.75) is 68.3 Å². The van der Waals surface area contributed by atoms with Crippen LogP contribution in [0.3, 0.4) is 0 Å². The van der Waals surface area contributed by atoms with Gasteiger partial charge in [0.25, 0.3) is 0 Å². The first-order valence-electron chi connectivity index (χ1n) is 10.4. The molecule has 0 aromatic heterocycles. The fourth-order valence-corrected chi connectivity index (χ4v) is 3.51. The molecule has 34 heavy (non-hydrogen) atoms. The average molecular weight is 488 g/mol. The van der Waals surface area contributed by atoms with Gasteiger partial charge in [-0.05, 0) is 30.7 Å². The monoisotopic (exact) mass is 488 g/mol. The second-order valence-corrected chi connectivity index (χ2v) is 8.04. The molecule has 2 fully saturated rings. The maximum Gasteiger partial charge on any atom is 0.330 e. The number of aliphatic hydroxyl groups is 6. The van der Waals surface area contributed by atoms with Crippen LogP contribution in [0.25, 0.3) is 6.08 Å². The van der Waals surface area contributed by atoms with Crippen LogP contribution in [0.15, 0.2) is 24.3 Å². The molecule has 2 aliphatic rings. The molecular formula is C21H28O13. The third-order valence-corrected chi connectivity index (χ3v) is 5.56. The molecule has 0 bridgehead atoms. The minimum atomic E-state index is -1.81. The highest BCUT2D eigenvalue weighted by molar-refractivity contribution is 5.87. The number of aromatic hydroxyl groups is 2. The van der Waals surface area contributed by atoms with Gasteiger partial charge in [0.1, 0.15) is 49.3 Å². The van der Waals surface area contributed by atoms with Gasteiger partial charge in [-0.2, -0.15) is 0 Å². The molecule has 0 spiro atoms. The van der Waals surface area contributed by atoms with Crippen molar-refractivity contribution in [2.24, 2.45) is 0 Å². The van der Waals surface area contributed by atoms with Crippen molar-refractivity contribution in [1.82, 2.24) is 0 Å². The summed E-state index contributed by atoms with van der Waals surface area (Å²) in [5.41, 5.74) is 0.386. The highest BCUT2D eigenvalue weighted by Gasteiger charge is 2.49. The van der Waals surface area contributed by atoms with Gasteiger partial charge in [0.2, 0.25) is 0 Å². The van der Waals surface area contributed by atoms with E-state index < -0.39 is 74.0 Å². The van der Waals surface area contributed by atoms with E-state index in [-0.39, 0.29) is 11.5 Å². The third-order valence-electron chi connectivity index (χ3n) is 5.56. The Labute approximate surface area is 193 Å². The summed E-state index contributed by atoms with van der Waals surface area (Å²) in [5, 5.41) is 79.4. The number of carbonyl (C=O) groups excluding carboxylic acids is 1. The summed E-state index contributed by atoms with van der Waals surface area (Å²) in [7, 11) is 0. The van der Waals surface area contributed by atoms with E-state index in [2.05, 4.69) is 0 Å². The number of carbonyl (C=O) groups is 1. The Morgan fingerprint density at radius 3 is 2.32 bits per heavy atom. The minimum Gasteiger partial charge on any atom is -0.504 e. The van der Waals surface area contributed by atoms with Crippen molar-refractivity contribution in [3.63, 3.8) is 0 Å². The summed E-state index contributed by atoms with van der Waals surface area (Å²) >= 11 is 0. The van der Waals surface area contributed by atoms with Crippen LogP contribution in [0.1, 0.15) is 12.5 Å². The summed E-state index contributed by atoms with van der Waals surface area (Å²) in [6.45, 7) is 0.851. The molecule has 190 valence electrons. The number of aliphatic hydroxyl groups excluding tert-OH is 6. The molecule has 2 aliphatic heterocycles. The summed E-state index contributed by atoms with van der Waals surface area (Å²) in [6.07, 6.45) is -13.2. The lowest BCUT2D eigenvalue weighted by atomic mass is 9.97. The molecule has 0 saturated carbocycles. The average Bonchev–Trinajstić information content (AvgIpc) is 2.80. The lowest BCUT2D eigenvalue weighted by Gasteiger charge is -2.44. The fraction of sp³-hybridized carbons (Fsp3) is 0.571. The van der Waals surface area contributed by atoms with E-state index in [0.717, 1.165) is 6.08 Å². The zero-order valence-electron chi connectivity index (χ0n) is 18.0. The van der Waals surface area contributed by atoms with Crippen LogP contribution in [0.4, 0.5) is 0 Å². The standard InChI is InChI=1S/C21H28O13/c1-8-14(25)17(28)19(20(30)32-8)34-21-18(29)16(27)15(26)12(33-21)7-31-13(24)5-3-9-2-4-10(22)11(23)6-9/h2-6,8,12,14-23,25-30H,7H2,1H3/b5-3+/t8-,12+,14-,15+,16-,17+,18+,19+,20+,21-/m0/s1. The summed E-state index contributed by atoms with van der Waals surface area (Å²) < 4.78 is 20.8. The van der Waals surface area contributed by atoms with Crippen molar-refractivity contribution in [1.29, 1.82) is 0 Å². The SMILES string of the molecule is C[C@@H]1O[C@@H](O)[C@H](O[C@@H]2O[C@H](COC(=O)/C=C/c3ccc(O)c(O)c3)[C@@H](O)[C@H](O)[C@H]2O)[C@H](O)[C@H]1O. The maximum atomic E-state index is 12.0. The molecule has 2 heterocycles. The molecule has 0 unspecified atom stereocenters. The zero-order chi connectivity index (χ0) is 25.2. The third kappa shape index (κ3) is 5.83. The topological polar surface area (TPSA) is 216 Å². The normalized spacial score (nSPS) is 38.7. The van der Waals surface area contributed by atoms with E-state index >= 15 is 0 Å². The largest absolute Gasteiger partial charge is 0.504 e. The molecule has 13 heteroatoms. The van der Waals surface area contributed by atoms with Crippen LogP contribution >= 0.6 is 0 Å². The lowest BCUT2D eigenvalue weighted by molar-refractivity contribution is -0.359. The number of esters is 1. The Morgan fingerprint density at radius 1 is 0.941 bits per heavy atom. The molecule has 0 aliphatic carbocycles. The Morgan fingerprint density at radius 2 is 1.65 bits per heavy atom. The summed E-state index contributed by atoms with van der Waals surface area (Å²) in [6, 6.07) is 3.87. The number of hydrogen-bond acceptors (Lipinski definition) is 13. The predicted octanol–water partition coefficient (Wildman–Crippen LogP) is -2.69. The van der Waals surface area contributed by atoms with Gasteiger partial charge in [-0.1, -0.05) is 6.07 Å². The number of phenolic OH excluding ortho intramolecular Hbond substituents is 2. The lowest BCUT2D eigenvalue weighted by Crippen LogP contribution is -2.63. The Kier molecular flexibility index (Phi) is 8.46. The molecule has 13 nitrogen and oxygen atoms in total. The van der Waals surface area contributed by atoms with E-state index in [1.807, 2.05) is 0 Å². The smallest absolute Gasteiger partial charge is 0.330 e. The van der Waals surface area contributed by atoms with Crippen LogP contribution in [-0.2, 0) is 23.7 Å². The molecule has 8 N–H and O–H groups in total. The minimum absolute atomic E-state index is 0.329. The second kappa shape index (κ2) is 10.9. The Hall–Kier alpha value is -2.33. The van der Waals surface area contributed by atoms with Gasteiger partial charge in [0.15, 0.2) is 24.1 Å². The van der Waals surface area contributed by atoms with Crippen molar-refractivity contribution < 1.29 is 64.6 Å². The van der Waals surface area contributed by atoms with Crippen molar-refractivity contribution in [2.75, 3.05) is 6.61 Å². The number of ether oxygens (including phenoxy) is 4. The quantitative estimate of drug-likeness (QED) is 0.116. The van der Waals surface area contributed by atoms with Crippen LogP contribution in [-0.4, -0.2) is 115 Å². The summed E-state index contributed by atoms with van der Waals surface area (Å²) in [4.78, 5) is 12.0. The number of rotatable bonds is 6. The molecule has 1 aromatic carbocycles. The Bertz CT molecular complexity index is 876. The molecule has 0 radical (unpaired) electrons. The van der Waals surface area contributed by atoms with Gasteiger partial charge in [-0.3, -0.25) is 0 Å². The highest BCUT2D eigenvalue weighted by atomic mass is 16.7. The van der Waals surface area contributed by atoms with Gasteiger partial charge in [0, 0.05) is 6.08 Å². The number of benzene rings is 1. The molecule has 0 amide bonds. The van der Waals surface area contributed by atoms with Gasteiger partial charge in [-0.25, -0.2) is 4.79 Å². The molecule has 2 saturated heterocycles. The van der Waals surface area contributed by atoms with Crippen molar-refractivity contribution in [3.05, 3.63) is 29.8 Å². The van der Waals surface area contributed by atoms with Gasteiger partial charge in [0.05, 0.1) is 6.10 Å². The molecular weight excluding hydrogens is 460 g/mol. The van der Waals surface area contributed by atoms with Crippen LogP contribution < -0.4 is 0 Å². The molecule has 3 rings (SSSR count). The van der Waals surface area contributed by atoms with E-state index in [9.17, 15) is 45.6 Å². The Balaban J connectivity index is 1.60. The van der Waals surface area contributed by atoms with Gasteiger partial charge in [-0.15, -0.1) is 0 Å². The molecule has 1 aromatic rings. The van der Waals surface area contributed by atoms with Crippen molar-refractivity contribution >= 4 is 12.0 Å². The molecule has 10 atom stereocenters. The van der Waals surface area contributed by atoms with E-state index in [4.69, 9.17) is 18.9 Å². The fourth-order valence-electron chi connectivity index (χ4n) is 3.51. The van der Waals surface area contributed by atoms with E-state index in [1.165, 1.54) is 31.2 Å². The first-order valence-corrected chi connectivity index (χ1v) is 10.4. The van der Waals surface area contributed by atoms with Crippen LogP contribution in [0, 0.1) is 0 Å². The van der Waals surface area contributed by atoms with Crippen molar-refractivity contribution in [3.8, 4) is 11.5 Å².